The number of anilines is 1. The Labute approximate surface area is 119 Å². The lowest BCUT2D eigenvalue weighted by atomic mass is 10.2. The minimum Gasteiger partial charge on any atom is -0.346 e. The summed E-state index contributed by atoms with van der Waals surface area (Å²) in [5.74, 6) is 0.658. The first kappa shape index (κ1) is 14.1. The Morgan fingerprint density at radius 3 is 2.72 bits per heavy atom. The van der Waals surface area contributed by atoms with Gasteiger partial charge in [-0.15, -0.1) is 22.9 Å². The third kappa shape index (κ3) is 3.37. The Morgan fingerprint density at radius 1 is 1.39 bits per heavy atom. The molecule has 2 rings (SSSR count). The molecule has 0 spiro atoms. The molecule has 1 saturated heterocycles. The number of alkyl halides is 1. The normalized spacial score (nSPS) is 19.2. The molecule has 1 unspecified atom stereocenters. The van der Waals surface area contributed by atoms with Crippen LogP contribution in [0.1, 0.15) is 26.0 Å². The van der Waals surface area contributed by atoms with E-state index >= 15 is 0 Å². The third-order valence-electron chi connectivity index (χ3n) is 3.69. The van der Waals surface area contributed by atoms with Crippen molar-refractivity contribution in [1.82, 2.24) is 9.88 Å². The number of hydrogen-bond acceptors (Lipinski definition) is 4. The van der Waals surface area contributed by atoms with Crippen LogP contribution in [0.3, 0.4) is 0 Å². The number of aromatic nitrogens is 1. The number of thiazole rings is 1. The second-order valence-corrected chi connectivity index (χ2v) is 6.06. The standard InChI is InChI=1S/C13H22ClN3S/c1-3-11(2)16-6-8-17(9-7-16)13-15-12(4-5-14)10-18-13/h10-11H,3-9H2,1-2H3. The Kier molecular flexibility index (Phi) is 5.27. The van der Waals surface area contributed by atoms with Crippen LogP contribution in [0.25, 0.3) is 0 Å². The molecule has 0 aromatic carbocycles. The van der Waals surface area contributed by atoms with E-state index in [1.54, 1.807) is 11.3 Å². The summed E-state index contributed by atoms with van der Waals surface area (Å²) in [5, 5.41) is 3.30. The Bertz CT molecular complexity index is 361. The summed E-state index contributed by atoms with van der Waals surface area (Å²) >= 11 is 7.49. The summed E-state index contributed by atoms with van der Waals surface area (Å²) in [5.41, 5.74) is 1.13. The van der Waals surface area contributed by atoms with Crippen LogP contribution >= 0.6 is 22.9 Å². The van der Waals surface area contributed by atoms with Crippen molar-refractivity contribution in [2.75, 3.05) is 37.0 Å². The van der Waals surface area contributed by atoms with Crippen LogP contribution in [0.4, 0.5) is 5.13 Å². The topological polar surface area (TPSA) is 19.4 Å². The van der Waals surface area contributed by atoms with E-state index in [9.17, 15) is 0 Å². The first-order chi connectivity index (χ1) is 8.74. The molecular weight excluding hydrogens is 266 g/mol. The number of piperazine rings is 1. The highest BCUT2D eigenvalue weighted by Gasteiger charge is 2.21. The highest BCUT2D eigenvalue weighted by atomic mass is 35.5. The van der Waals surface area contributed by atoms with Crippen molar-refractivity contribution in [3.8, 4) is 0 Å². The fourth-order valence-corrected chi connectivity index (χ4v) is 3.37. The molecule has 1 aliphatic heterocycles. The monoisotopic (exact) mass is 287 g/mol. The zero-order valence-corrected chi connectivity index (χ0v) is 12.8. The lowest BCUT2D eigenvalue weighted by Gasteiger charge is -2.37. The zero-order chi connectivity index (χ0) is 13.0. The van der Waals surface area contributed by atoms with Gasteiger partial charge in [-0.2, -0.15) is 0 Å². The van der Waals surface area contributed by atoms with Crippen molar-refractivity contribution in [2.45, 2.75) is 32.7 Å². The van der Waals surface area contributed by atoms with Gasteiger partial charge in [0.2, 0.25) is 0 Å². The van der Waals surface area contributed by atoms with Gasteiger partial charge < -0.3 is 4.90 Å². The van der Waals surface area contributed by atoms with E-state index in [1.165, 1.54) is 11.6 Å². The van der Waals surface area contributed by atoms with Gasteiger partial charge in [0, 0.05) is 49.9 Å². The largest absolute Gasteiger partial charge is 0.346 e. The predicted octanol–water partition coefficient (Wildman–Crippen LogP) is 2.84. The molecule has 102 valence electrons. The van der Waals surface area contributed by atoms with E-state index < -0.39 is 0 Å². The summed E-state index contributed by atoms with van der Waals surface area (Å²) in [6.07, 6.45) is 2.11. The maximum atomic E-state index is 5.75. The SMILES string of the molecule is CCC(C)N1CCN(c2nc(CCCl)cs2)CC1. The summed E-state index contributed by atoms with van der Waals surface area (Å²) < 4.78 is 0. The molecule has 1 aliphatic rings. The van der Waals surface area contributed by atoms with Crippen molar-refractivity contribution >= 4 is 28.1 Å². The van der Waals surface area contributed by atoms with Gasteiger partial charge in [0.15, 0.2) is 5.13 Å². The van der Waals surface area contributed by atoms with Crippen LogP contribution in [0.15, 0.2) is 5.38 Å². The molecule has 1 atom stereocenters. The summed E-state index contributed by atoms with van der Waals surface area (Å²) in [7, 11) is 0. The van der Waals surface area contributed by atoms with Crippen molar-refractivity contribution < 1.29 is 0 Å². The van der Waals surface area contributed by atoms with Crippen molar-refractivity contribution in [2.24, 2.45) is 0 Å². The first-order valence-electron chi connectivity index (χ1n) is 6.74. The molecule has 1 aromatic rings. The molecule has 0 N–H and O–H groups in total. The highest BCUT2D eigenvalue weighted by molar-refractivity contribution is 7.13. The molecule has 0 aliphatic carbocycles. The highest BCUT2D eigenvalue weighted by Crippen LogP contribution is 2.23. The van der Waals surface area contributed by atoms with Crippen LogP contribution in [-0.4, -0.2) is 48.0 Å². The van der Waals surface area contributed by atoms with Gasteiger partial charge in [0.05, 0.1) is 5.69 Å². The molecule has 0 saturated carbocycles. The molecule has 18 heavy (non-hydrogen) atoms. The first-order valence-corrected chi connectivity index (χ1v) is 8.15. The number of hydrogen-bond donors (Lipinski definition) is 0. The van der Waals surface area contributed by atoms with Crippen LogP contribution in [0, 0.1) is 0 Å². The van der Waals surface area contributed by atoms with Crippen LogP contribution in [0.5, 0.6) is 0 Å². The minimum absolute atomic E-state index is 0.658. The van der Waals surface area contributed by atoms with Gasteiger partial charge in [0.1, 0.15) is 0 Å². The van der Waals surface area contributed by atoms with Gasteiger partial charge in [-0.1, -0.05) is 6.92 Å². The van der Waals surface area contributed by atoms with E-state index in [0.717, 1.165) is 38.3 Å². The number of nitrogens with zero attached hydrogens (tertiary/aromatic N) is 3. The molecular formula is C13H22ClN3S. The smallest absolute Gasteiger partial charge is 0.185 e. The fourth-order valence-electron chi connectivity index (χ4n) is 2.27. The number of halogens is 1. The summed E-state index contributed by atoms with van der Waals surface area (Å²) in [4.78, 5) is 9.63. The molecule has 0 amide bonds. The lowest BCUT2D eigenvalue weighted by Crippen LogP contribution is -2.49. The maximum absolute atomic E-state index is 5.75. The molecule has 3 nitrogen and oxygen atoms in total. The van der Waals surface area contributed by atoms with E-state index in [2.05, 4.69) is 34.0 Å². The molecule has 2 heterocycles. The van der Waals surface area contributed by atoms with E-state index in [4.69, 9.17) is 11.6 Å². The zero-order valence-electron chi connectivity index (χ0n) is 11.2. The van der Waals surface area contributed by atoms with Gasteiger partial charge in [-0.25, -0.2) is 4.98 Å². The third-order valence-corrected chi connectivity index (χ3v) is 4.83. The molecule has 0 bridgehead atoms. The van der Waals surface area contributed by atoms with Crippen molar-refractivity contribution in [1.29, 1.82) is 0 Å². The fraction of sp³-hybridized carbons (Fsp3) is 0.769. The van der Waals surface area contributed by atoms with Crippen molar-refractivity contribution in [3.63, 3.8) is 0 Å². The van der Waals surface area contributed by atoms with Crippen molar-refractivity contribution in [3.05, 3.63) is 11.1 Å². The molecule has 0 radical (unpaired) electrons. The van der Waals surface area contributed by atoms with Crippen LogP contribution in [-0.2, 0) is 6.42 Å². The molecule has 1 aromatic heterocycles. The summed E-state index contributed by atoms with van der Waals surface area (Å²) in [6.45, 7) is 9.07. The number of rotatable bonds is 5. The van der Waals surface area contributed by atoms with Crippen LogP contribution in [0.2, 0.25) is 0 Å². The van der Waals surface area contributed by atoms with Gasteiger partial charge >= 0.3 is 0 Å². The average Bonchev–Trinajstić information content (AvgIpc) is 2.87. The Morgan fingerprint density at radius 2 is 2.11 bits per heavy atom. The van der Waals surface area contributed by atoms with E-state index in [1.807, 2.05) is 0 Å². The van der Waals surface area contributed by atoms with Gasteiger partial charge in [-0.05, 0) is 13.3 Å². The Hall–Kier alpha value is -0.320. The van der Waals surface area contributed by atoms with E-state index in [-0.39, 0.29) is 0 Å². The number of aryl methyl sites for hydroxylation is 1. The maximum Gasteiger partial charge on any atom is 0.185 e. The summed E-state index contributed by atoms with van der Waals surface area (Å²) in [6, 6.07) is 0.704. The van der Waals surface area contributed by atoms with Crippen LogP contribution < -0.4 is 4.90 Å². The second-order valence-electron chi connectivity index (χ2n) is 4.84. The lowest BCUT2D eigenvalue weighted by molar-refractivity contribution is 0.193. The predicted molar refractivity (Wildman–Crippen MR) is 80.1 cm³/mol. The van der Waals surface area contributed by atoms with Gasteiger partial charge in [-0.3, -0.25) is 4.90 Å². The Balaban J connectivity index is 1.88. The average molecular weight is 288 g/mol. The van der Waals surface area contributed by atoms with E-state index in [0.29, 0.717) is 11.9 Å². The minimum atomic E-state index is 0.658. The second kappa shape index (κ2) is 6.73. The molecule has 5 heteroatoms. The van der Waals surface area contributed by atoms with Gasteiger partial charge in [0.25, 0.3) is 0 Å². The quantitative estimate of drug-likeness (QED) is 0.777. The molecule has 1 fully saturated rings.